The maximum Gasteiger partial charge on any atom is 0.416 e. The van der Waals surface area contributed by atoms with E-state index in [9.17, 15) is 26.7 Å². The predicted molar refractivity (Wildman–Crippen MR) is 127 cm³/mol. The van der Waals surface area contributed by atoms with Crippen molar-refractivity contribution in [2.75, 3.05) is 45.9 Å². The van der Waals surface area contributed by atoms with Gasteiger partial charge in [0.05, 0.1) is 29.9 Å². The number of fused-ring (bicyclic) bond motifs is 1. The minimum absolute atomic E-state index is 0.0906. The van der Waals surface area contributed by atoms with Gasteiger partial charge in [-0.05, 0) is 53.9 Å². The van der Waals surface area contributed by atoms with Crippen molar-refractivity contribution in [1.29, 1.82) is 0 Å². The monoisotopic (exact) mass is 536 g/mol. The molecule has 2 fully saturated rings. The van der Waals surface area contributed by atoms with E-state index in [0.717, 1.165) is 28.8 Å². The van der Waals surface area contributed by atoms with Gasteiger partial charge in [-0.3, -0.25) is 4.90 Å². The molecule has 1 saturated heterocycles. The summed E-state index contributed by atoms with van der Waals surface area (Å²) in [7, 11) is -4.18. The summed E-state index contributed by atoms with van der Waals surface area (Å²) in [6.07, 6.45) is -0.821. The zero-order valence-electron chi connectivity index (χ0n) is 19.9. The van der Waals surface area contributed by atoms with E-state index in [1.165, 1.54) is 12.0 Å². The van der Waals surface area contributed by atoms with Gasteiger partial charge in [0.2, 0.25) is 10.0 Å². The smallest absolute Gasteiger partial charge is 0.389 e. The van der Waals surface area contributed by atoms with Gasteiger partial charge in [0.15, 0.2) is 0 Å². The lowest BCUT2D eigenvalue weighted by molar-refractivity contribution is -0.137. The van der Waals surface area contributed by atoms with Gasteiger partial charge in [-0.1, -0.05) is 31.5 Å². The highest BCUT2D eigenvalue weighted by atomic mass is 35.5. The number of hydrogen-bond donors (Lipinski definition) is 1. The lowest BCUT2D eigenvalue weighted by atomic mass is 9.49. The van der Waals surface area contributed by atoms with Crippen LogP contribution in [0.4, 0.5) is 13.2 Å². The molecule has 196 valence electrons. The van der Waals surface area contributed by atoms with Gasteiger partial charge in [0.1, 0.15) is 4.90 Å². The summed E-state index contributed by atoms with van der Waals surface area (Å²) >= 11 is 5.94. The molecule has 0 spiro atoms. The lowest BCUT2D eigenvalue weighted by Crippen LogP contribution is -2.51. The molecule has 3 aliphatic carbocycles. The summed E-state index contributed by atoms with van der Waals surface area (Å²) in [6.45, 7) is 6.50. The van der Waals surface area contributed by atoms with Gasteiger partial charge in [-0.15, -0.1) is 0 Å². The average Bonchev–Trinajstić information content (AvgIpc) is 2.78. The molecule has 1 aliphatic heterocycles. The Balaban J connectivity index is 1.25. The van der Waals surface area contributed by atoms with Crippen LogP contribution in [-0.4, -0.2) is 74.8 Å². The molecule has 3 atom stereocenters. The van der Waals surface area contributed by atoms with Crippen molar-refractivity contribution in [2.24, 2.45) is 17.3 Å². The number of β-amino-alcohol motifs (C(OH)–C–C–N with tert-alkyl or cyclic N) is 1. The van der Waals surface area contributed by atoms with Crippen LogP contribution in [0.2, 0.25) is 5.02 Å². The number of benzene rings is 1. The zero-order valence-corrected chi connectivity index (χ0v) is 21.5. The molecule has 0 aromatic heterocycles. The first-order chi connectivity index (χ1) is 16.3. The Morgan fingerprint density at radius 3 is 2.51 bits per heavy atom. The average molecular weight is 537 g/mol. The molecule has 1 heterocycles. The normalized spacial score (nSPS) is 26.2. The largest absolute Gasteiger partial charge is 0.416 e. The fourth-order valence-electron chi connectivity index (χ4n) is 5.47. The molecule has 6 nitrogen and oxygen atoms in total. The molecule has 1 N–H and O–H groups in total. The van der Waals surface area contributed by atoms with Crippen LogP contribution in [0, 0.1) is 17.3 Å². The summed E-state index contributed by atoms with van der Waals surface area (Å²) in [6, 6.07) is 2.30. The Bertz CT molecular complexity index is 1070. The van der Waals surface area contributed by atoms with Gasteiger partial charge >= 0.3 is 6.18 Å². The number of halogens is 4. The molecular weight excluding hydrogens is 505 g/mol. The maximum absolute atomic E-state index is 13.1. The molecule has 35 heavy (non-hydrogen) atoms. The van der Waals surface area contributed by atoms with E-state index in [4.69, 9.17) is 16.3 Å². The highest BCUT2D eigenvalue weighted by Crippen LogP contribution is 2.59. The topological polar surface area (TPSA) is 70.1 Å². The first-order valence-corrected chi connectivity index (χ1v) is 13.7. The standard InChI is InChI=1S/C24H32ClF3N2O4S/c1-23(2)17-4-3-16(20(23)11-17)14-34-15-19(31)13-29-7-9-30(10-8-29)35(32,33)22-12-18(24(26,27)28)5-6-21(22)25/h3,5-6,12,17,19-20,31H,4,7-11,13-15H2,1-2H3/t17-,19+,20+/m0/s1. The molecule has 1 aromatic rings. The first kappa shape index (κ1) is 26.9. The van der Waals surface area contributed by atoms with Crippen molar-refractivity contribution in [2.45, 2.75) is 43.9 Å². The van der Waals surface area contributed by atoms with Gasteiger partial charge in [-0.2, -0.15) is 17.5 Å². The minimum atomic E-state index is -4.67. The van der Waals surface area contributed by atoms with Crippen LogP contribution >= 0.6 is 11.6 Å². The summed E-state index contributed by atoms with van der Waals surface area (Å²) in [4.78, 5) is 1.38. The second kappa shape index (κ2) is 9.95. The number of sulfonamides is 1. The molecule has 4 aliphatic rings. The number of ether oxygens (including phenoxy) is 1. The molecule has 0 unspecified atom stereocenters. The minimum Gasteiger partial charge on any atom is -0.389 e. The van der Waals surface area contributed by atoms with Crippen molar-refractivity contribution in [1.82, 2.24) is 9.21 Å². The highest BCUT2D eigenvalue weighted by molar-refractivity contribution is 7.89. The Labute approximate surface area is 209 Å². The number of alkyl halides is 3. The van der Waals surface area contributed by atoms with Crippen molar-refractivity contribution >= 4 is 21.6 Å². The third kappa shape index (κ3) is 5.57. The van der Waals surface area contributed by atoms with Crippen molar-refractivity contribution in [3.05, 3.63) is 40.4 Å². The third-order valence-corrected chi connectivity index (χ3v) is 10.2. The van der Waals surface area contributed by atoms with E-state index < -0.39 is 32.8 Å². The van der Waals surface area contributed by atoms with Crippen molar-refractivity contribution < 1.29 is 31.4 Å². The fourth-order valence-corrected chi connectivity index (χ4v) is 7.40. The summed E-state index contributed by atoms with van der Waals surface area (Å²) < 4.78 is 72.0. The summed E-state index contributed by atoms with van der Waals surface area (Å²) in [5.41, 5.74) is 0.577. The molecule has 11 heteroatoms. The second-order valence-corrected chi connectivity index (χ2v) is 12.7. The molecule has 0 amide bonds. The van der Waals surface area contributed by atoms with Gasteiger partial charge < -0.3 is 9.84 Å². The number of nitrogens with zero attached hydrogens (tertiary/aromatic N) is 2. The van der Waals surface area contributed by atoms with Crippen LogP contribution in [0.25, 0.3) is 0 Å². The van der Waals surface area contributed by atoms with Crippen LogP contribution in [0.3, 0.4) is 0 Å². The number of aliphatic hydroxyl groups excluding tert-OH is 1. The zero-order chi connectivity index (χ0) is 25.6. The van der Waals surface area contributed by atoms with Crippen molar-refractivity contribution in [3.63, 3.8) is 0 Å². The molecule has 1 saturated carbocycles. The quantitative estimate of drug-likeness (QED) is 0.508. The third-order valence-electron chi connectivity index (χ3n) is 7.84. The number of hydrogen-bond acceptors (Lipinski definition) is 5. The Hall–Kier alpha value is -1.17. The highest BCUT2D eigenvalue weighted by Gasteiger charge is 2.51. The van der Waals surface area contributed by atoms with E-state index in [-0.39, 0.29) is 24.7 Å². The first-order valence-electron chi connectivity index (χ1n) is 11.8. The number of allylic oxidation sites excluding steroid dienone is 1. The molecule has 1 aromatic carbocycles. The molecule has 2 bridgehead atoms. The Morgan fingerprint density at radius 2 is 1.91 bits per heavy atom. The number of rotatable bonds is 8. The second-order valence-electron chi connectivity index (χ2n) is 10.3. The lowest BCUT2D eigenvalue weighted by Gasteiger charge is -2.56. The number of piperazine rings is 1. The SMILES string of the molecule is CC1(C)[C@H]2CC=C(COC[C@H](O)CN3CCN(S(=O)(=O)c4cc(C(F)(F)F)ccc4Cl)CC3)[C@H]1C2. The van der Waals surface area contributed by atoms with Crippen LogP contribution in [0.5, 0.6) is 0 Å². The van der Waals surface area contributed by atoms with E-state index in [2.05, 4.69) is 19.9 Å². The molecule has 5 rings (SSSR count). The van der Waals surface area contributed by atoms with Crippen LogP contribution in [-0.2, 0) is 20.9 Å². The van der Waals surface area contributed by atoms with E-state index >= 15 is 0 Å². The fraction of sp³-hybridized carbons (Fsp3) is 0.667. The molecular formula is C24H32ClF3N2O4S. The Kier molecular flexibility index (Phi) is 7.64. The van der Waals surface area contributed by atoms with Crippen LogP contribution in [0.1, 0.15) is 32.3 Å². The van der Waals surface area contributed by atoms with Gasteiger partial charge in [0.25, 0.3) is 0 Å². The van der Waals surface area contributed by atoms with E-state index in [1.807, 2.05) is 4.90 Å². The van der Waals surface area contributed by atoms with E-state index in [1.54, 1.807) is 0 Å². The van der Waals surface area contributed by atoms with E-state index in [0.29, 0.717) is 43.6 Å². The summed E-state index contributed by atoms with van der Waals surface area (Å²) in [5.74, 6) is 1.31. The molecule has 0 radical (unpaired) electrons. The maximum atomic E-state index is 13.1. The van der Waals surface area contributed by atoms with Crippen LogP contribution in [0.15, 0.2) is 34.7 Å². The predicted octanol–water partition coefficient (Wildman–Crippen LogP) is 4.04. The Morgan fingerprint density at radius 1 is 1.23 bits per heavy atom. The summed E-state index contributed by atoms with van der Waals surface area (Å²) in [5, 5.41) is 10.2. The van der Waals surface area contributed by atoms with Gasteiger partial charge in [-0.25, -0.2) is 8.42 Å². The van der Waals surface area contributed by atoms with Crippen molar-refractivity contribution in [3.8, 4) is 0 Å². The van der Waals surface area contributed by atoms with Gasteiger partial charge in [0, 0.05) is 32.7 Å². The number of aliphatic hydroxyl groups is 1. The van der Waals surface area contributed by atoms with Crippen LogP contribution < -0.4 is 0 Å².